The molecule has 2 aromatic carbocycles. The van der Waals surface area contributed by atoms with Crippen LogP contribution in [0.1, 0.15) is 25.0 Å². The average molecular weight is 394 g/mol. The summed E-state index contributed by atoms with van der Waals surface area (Å²) >= 11 is 0. The molecule has 0 aliphatic carbocycles. The third kappa shape index (κ3) is 3.83. The molecule has 0 saturated carbocycles. The van der Waals surface area contributed by atoms with Crippen molar-refractivity contribution in [1.82, 2.24) is 4.57 Å². The van der Waals surface area contributed by atoms with Crippen LogP contribution >= 0.6 is 0 Å². The molecule has 0 aliphatic heterocycles. The van der Waals surface area contributed by atoms with E-state index in [0.29, 0.717) is 28.2 Å². The van der Waals surface area contributed by atoms with E-state index >= 15 is 0 Å². The summed E-state index contributed by atoms with van der Waals surface area (Å²) in [4.78, 5) is 12.9. The van der Waals surface area contributed by atoms with Crippen molar-refractivity contribution in [2.24, 2.45) is 0 Å². The largest absolute Gasteiger partial charge is 0.506 e. The number of hydrogen-bond acceptors (Lipinski definition) is 6. The van der Waals surface area contributed by atoms with Crippen molar-refractivity contribution in [3.63, 3.8) is 0 Å². The smallest absolute Gasteiger partial charge is 0.273 e. The van der Waals surface area contributed by atoms with Crippen molar-refractivity contribution in [2.75, 3.05) is 14.2 Å². The highest BCUT2D eigenvalue weighted by molar-refractivity contribution is 5.90. The Morgan fingerprint density at radius 1 is 1.10 bits per heavy atom. The van der Waals surface area contributed by atoms with Crippen LogP contribution < -0.4 is 19.8 Å². The van der Waals surface area contributed by atoms with Crippen molar-refractivity contribution >= 4 is 10.9 Å². The van der Waals surface area contributed by atoms with Crippen molar-refractivity contribution in [3.8, 4) is 29.1 Å². The minimum Gasteiger partial charge on any atom is -0.506 e. The zero-order chi connectivity index (χ0) is 21.1. The number of aromatic hydroxyl groups is 1. The lowest BCUT2D eigenvalue weighted by molar-refractivity contribution is 0.230. The number of fused-ring (bicyclic) bond motifs is 1. The van der Waals surface area contributed by atoms with Crippen LogP contribution in [0.4, 0.5) is 0 Å². The molecule has 0 aliphatic rings. The van der Waals surface area contributed by atoms with E-state index in [2.05, 4.69) is 0 Å². The molecule has 29 heavy (non-hydrogen) atoms. The van der Waals surface area contributed by atoms with Gasteiger partial charge >= 0.3 is 0 Å². The van der Waals surface area contributed by atoms with Crippen LogP contribution in [0.2, 0.25) is 0 Å². The molecule has 1 aromatic heterocycles. The number of ether oxygens (including phenoxy) is 3. The lowest BCUT2D eigenvalue weighted by Gasteiger charge is -2.18. The second kappa shape index (κ2) is 8.15. The highest BCUT2D eigenvalue weighted by Crippen LogP contribution is 2.37. The quantitative estimate of drug-likeness (QED) is 0.688. The van der Waals surface area contributed by atoms with E-state index in [4.69, 9.17) is 14.2 Å². The van der Waals surface area contributed by atoms with Crippen LogP contribution in [-0.2, 0) is 6.54 Å². The Hall–Kier alpha value is -3.66. The Kier molecular flexibility index (Phi) is 5.64. The van der Waals surface area contributed by atoms with E-state index in [0.717, 1.165) is 5.56 Å². The lowest BCUT2D eigenvalue weighted by Crippen LogP contribution is -2.24. The van der Waals surface area contributed by atoms with Gasteiger partial charge in [-0.05, 0) is 37.6 Å². The minimum atomic E-state index is -0.575. The van der Waals surface area contributed by atoms with Crippen LogP contribution in [0.25, 0.3) is 10.9 Å². The summed E-state index contributed by atoms with van der Waals surface area (Å²) in [5, 5.41) is 20.3. The fourth-order valence-corrected chi connectivity index (χ4v) is 3.12. The maximum atomic E-state index is 12.9. The fraction of sp³-hybridized carbons (Fsp3) is 0.273. The van der Waals surface area contributed by atoms with E-state index in [1.165, 1.54) is 11.7 Å². The lowest BCUT2D eigenvalue weighted by atomic mass is 10.1. The maximum absolute atomic E-state index is 12.9. The molecule has 150 valence electrons. The molecule has 0 fully saturated rings. The van der Waals surface area contributed by atoms with Crippen LogP contribution in [0.15, 0.2) is 41.2 Å². The summed E-state index contributed by atoms with van der Waals surface area (Å²) in [5.41, 5.74) is 0.393. The van der Waals surface area contributed by atoms with Gasteiger partial charge in [0.2, 0.25) is 0 Å². The minimum absolute atomic E-state index is 0.116. The number of rotatable bonds is 6. The predicted molar refractivity (Wildman–Crippen MR) is 109 cm³/mol. The zero-order valence-electron chi connectivity index (χ0n) is 16.7. The first kappa shape index (κ1) is 20.1. The molecule has 0 spiro atoms. The van der Waals surface area contributed by atoms with Crippen molar-refractivity contribution in [1.29, 1.82) is 5.26 Å². The van der Waals surface area contributed by atoms with Crippen LogP contribution in [-0.4, -0.2) is 30.0 Å². The standard InChI is InChI=1S/C22H22N2O5/c1-13(2)29-20-10-18-16(9-19(20)28-4)21(25)17(11-23)22(26)24(18)12-14-5-7-15(27-3)8-6-14/h5-10,13,25H,12H2,1-4H3. The van der Waals surface area contributed by atoms with Crippen molar-refractivity contribution < 1.29 is 19.3 Å². The Morgan fingerprint density at radius 2 is 1.79 bits per heavy atom. The van der Waals surface area contributed by atoms with Crippen LogP contribution in [0.3, 0.4) is 0 Å². The number of nitrogens with zero attached hydrogens (tertiary/aromatic N) is 2. The van der Waals surface area contributed by atoms with E-state index in [9.17, 15) is 15.2 Å². The SMILES string of the molecule is COc1ccc(Cn2c(=O)c(C#N)c(O)c3cc(OC)c(OC(C)C)cc32)cc1. The summed E-state index contributed by atoms with van der Waals surface area (Å²) in [5.74, 6) is 1.18. The number of nitriles is 1. The summed E-state index contributed by atoms with van der Waals surface area (Å²) in [6, 6.07) is 12.3. The fourth-order valence-electron chi connectivity index (χ4n) is 3.12. The van der Waals surface area contributed by atoms with Gasteiger partial charge in [-0.15, -0.1) is 0 Å². The van der Waals surface area contributed by atoms with Gasteiger partial charge < -0.3 is 23.9 Å². The number of aromatic nitrogens is 1. The van der Waals surface area contributed by atoms with E-state index in [1.807, 2.05) is 32.0 Å². The topological polar surface area (TPSA) is 93.7 Å². The first-order valence-corrected chi connectivity index (χ1v) is 9.06. The van der Waals surface area contributed by atoms with Gasteiger partial charge in [-0.25, -0.2) is 0 Å². The molecular formula is C22H22N2O5. The van der Waals surface area contributed by atoms with Gasteiger partial charge in [0.1, 0.15) is 17.6 Å². The molecule has 3 aromatic rings. The summed E-state index contributed by atoms with van der Waals surface area (Å²) in [6.45, 7) is 3.97. The van der Waals surface area contributed by atoms with E-state index in [1.54, 1.807) is 31.4 Å². The highest BCUT2D eigenvalue weighted by Gasteiger charge is 2.20. The van der Waals surface area contributed by atoms with Crippen molar-refractivity contribution in [3.05, 3.63) is 57.9 Å². The van der Waals surface area contributed by atoms with Gasteiger partial charge in [-0.3, -0.25) is 4.79 Å². The Morgan fingerprint density at radius 3 is 2.34 bits per heavy atom. The molecule has 0 unspecified atom stereocenters. The van der Waals surface area contributed by atoms with E-state index in [-0.39, 0.29) is 24.0 Å². The maximum Gasteiger partial charge on any atom is 0.273 e. The number of hydrogen-bond donors (Lipinski definition) is 1. The molecule has 0 bridgehead atoms. The highest BCUT2D eigenvalue weighted by atomic mass is 16.5. The first-order valence-electron chi connectivity index (χ1n) is 9.06. The van der Waals surface area contributed by atoms with Gasteiger partial charge in [0, 0.05) is 11.5 Å². The Bertz CT molecular complexity index is 1140. The molecular weight excluding hydrogens is 372 g/mol. The molecule has 7 nitrogen and oxygen atoms in total. The third-order valence-electron chi connectivity index (χ3n) is 4.50. The predicted octanol–water partition coefficient (Wildman–Crippen LogP) is 3.43. The second-order valence-corrected chi connectivity index (χ2v) is 6.76. The summed E-state index contributed by atoms with van der Waals surface area (Å²) < 4.78 is 17.8. The Balaban J connectivity index is 2.27. The molecule has 0 amide bonds. The van der Waals surface area contributed by atoms with Crippen molar-refractivity contribution in [2.45, 2.75) is 26.5 Å². The molecule has 0 radical (unpaired) electrons. The number of pyridine rings is 1. The van der Waals surface area contributed by atoms with Gasteiger partial charge in [0.25, 0.3) is 5.56 Å². The molecule has 7 heteroatoms. The monoisotopic (exact) mass is 394 g/mol. The van der Waals surface area contributed by atoms with Gasteiger partial charge in [-0.2, -0.15) is 5.26 Å². The zero-order valence-corrected chi connectivity index (χ0v) is 16.7. The van der Waals surface area contributed by atoms with Gasteiger partial charge in [0.05, 0.1) is 32.4 Å². The van der Waals surface area contributed by atoms with Gasteiger partial charge in [0.15, 0.2) is 17.1 Å². The number of benzene rings is 2. The third-order valence-corrected chi connectivity index (χ3v) is 4.50. The second-order valence-electron chi connectivity index (χ2n) is 6.76. The van der Waals surface area contributed by atoms with Crippen LogP contribution in [0.5, 0.6) is 23.0 Å². The Labute approximate surface area is 168 Å². The van der Waals surface area contributed by atoms with E-state index < -0.39 is 5.56 Å². The normalized spacial score (nSPS) is 10.8. The summed E-state index contributed by atoms with van der Waals surface area (Å²) in [6.07, 6.45) is -0.116. The molecule has 0 atom stereocenters. The first-order chi connectivity index (χ1) is 13.9. The number of methoxy groups -OCH3 is 2. The van der Waals surface area contributed by atoms with Crippen LogP contribution in [0, 0.1) is 11.3 Å². The van der Waals surface area contributed by atoms with Gasteiger partial charge in [-0.1, -0.05) is 12.1 Å². The summed E-state index contributed by atoms with van der Waals surface area (Å²) in [7, 11) is 3.07. The molecule has 3 rings (SSSR count). The molecule has 0 saturated heterocycles. The molecule has 1 heterocycles. The molecule has 1 N–H and O–H groups in total. The average Bonchev–Trinajstić information content (AvgIpc) is 2.71.